The Kier molecular flexibility index (Phi) is 5.73. The van der Waals surface area contributed by atoms with Crippen LogP contribution in [0.5, 0.6) is 0 Å². The Hall–Kier alpha value is -2.55. The molecule has 0 saturated heterocycles. The molecule has 1 aromatic carbocycles. The molecule has 6 nitrogen and oxygen atoms in total. The SMILES string of the molecule is CC(C)CN(CC(=O)O)C(=O)N(C)c1cccc(C#N)c1. The molecule has 112 valence electrons. The van der Waals surface area contributed by atoms with Crippen molar-refractivity contribution in [3.8, 4) is 6.07 Å². The van der Waals surface area contributed by atoms with Gasteiger partial charge in [0.2, 0.25) is 0 Å². The molecule has 0 saturated carbocycles. The molecule has 0 atom stereocenters. The van der Waals surface area contributed by atoms with Gasteiger partial charge in [-0.2, -0.15) is 5.26 Å². The fraction of sp³-hybridized carbons (Fsp3) is 0.400. The van der Waals surface area contributed by atoms with Gasteiger partial charge in [0.05, 0.1) is 11.6 Å². The summed E-state index contributed by atoms with van der Waals surface area (Å²) in [5.74, 6) is -0.893. The Balaban J connectivity index is 2.95. The number of nitriles is 1. The van der Waals surface area contributed by atoms with Crippen LogP contribution < -0.4 is 4.90 Å². The first kappa shape index (κ1) is 16.5. The van der Waals surface area contributed by atoms with Gasteiger partial charge in [-0.25, -0.2) is 4.79 Å². The molecule has 0 unspecified atom stereocenters. The second-order valence-corrected chi connectivity index (χ2v) is 5.17. The highest BCUT2D eigenvalue weighted by Crippen LogP contribution is 2.16. The zero-order valence-corrected chi connectivity index (χ0v) is 12.4. The van der Waals surface area contributed by atoms with Gasteiger partial charge in [0, 0.05) is 19.3 Å². The van der Waals surface area contributed by atoms with Gasteiger partial charge in [-0.15, -0.1) is 0 Å². The quantitative estimate of drug-likeness (QED) is 0.900. The molecule has 0 radical (unpaired) electrons. The number of hydrogen-bond acceptors (Lipinski definition) is 3. The summed E-state index contributed by atoms with van der Waals surface area (Å²) in [6.07, 6.45) is 0. The Bertz CT molecular complexity index is 564. The minimum atomic E-state index is -1.05. The van der Waals surface area contributed by atoms with Crippen LogP contribution in [0.4, 0.5) is 10.5 Å². The topological polar surface area (TPSA) is 84.6 Å². The highest BCUT2D eigenvalue weighted by Gasteiger charge is 2.22. The summed E-state index contributed by atoms with van der Waals surface area (Å²) >= 11 is 0. The first-order chi connectivity index (χ1) is 9.85. The summed E-state index contributed by atoms with van der Waals surface area (Å²) in [5.41, 5.74) is 0.999. The normalized spacial score (nSPS) is 10.0. The molecule has 1 rings (SSSR count). The van der Waals surface area contributed by atoms with E-state index in [4.69, 9.17) is 10.4 Å². The molecule has 1 aromatic rings. The highest BCUT2D eigenvalue weighted by atomic mass is 16.4. The number of carboxylic acid groups (broad SMARTS) is 1. The van der Waals surface area contributed by atoms with Crippen molar-refractivity contribution in [3.05, 3.63) is 29.8 Å². The van der Waals surface area contributed by atoms with Crippen LogP contribution in [0.15, 0.2) is 24.3 Å². The molecule has 0 heterocycles. The average molecular weight is 289 g/mol. The lowest BCUT2D eigenvalue weighted by Crippen LogP contribution is -2.45. The third-order valence-electron chi connectivity index (χ3n) is 2.83. The van der Waals surface area contributed by atoms with Crippen molar-refractivity contribution >= 4 is 17.7 Å². The molecule has 0 aliphatic heterocycles. The summed E-state index contributed by atoms with van der Waals surface area (Å²) in [6, 6.07) is 8.22. The second kappa shape index (κ2) is 7.29. The molecule has 0 aliphatic carbocycles. The zero-order chi connectivity index (χ0) is 16.0. The molecule has 2 amide bonds. The monoisotopic (exact) mass is 289 g/mol. The molecule has 6 heteroatoms. The van der Waals surface area contributed by atoms with Gasteiger partial charge >= 0.3 is 12.0 Å². The van der Waals surface area contributed by atoms with E-state index in [1.54, 1.807) is 31.3 Å². The van der Waals surface area contributed by atoms with E-state index in [1.165, 1.54) is 9.80 Å². The number of rotatable bonds is 5. The average Bonchev–Trinajstić information content (AvgIpc) is 2.44. The highest BCUT2D eigenvalue weighted by molar-refractivity contribution is 5.93. The molecule has 0 bridgehead atoms. The lowest BCUT2D eigenvalue weighted by molar-refractivity contribution is -0.137. The van der Waals surface area contributed by atoms with Gasteiger partial charge in [-0.1, -0.05) is 19.9 Å². The predicted octanol–water partition coefficient (Wildman–Crippen LogP) is 2.16. The van der Waals surface area contributed by atoms with E-state index in [2.05, 4.69) is 0 Å². The van der Waals surface area contributed by atoms with Crippen molar-refractivity contribution in [1.82, 2.24) is 4.90 Å². The van der Waals surface area contributed by atoms with Gasteiger partial charge in [-0.05, 0) is 24.1 Å². The summed E-state index contributed by atoms with van der Waals surface area (Å²) in [7, 11) is 1.56. The molecule has 0 fully saturated rings. The third kappa shape index (κ3) is 4.80. The van der Waals surface area contributed by atoms with Crippen LogP contribution in [0.3, 0.4) is 0 Å². The maximum atomic E-state index is 12.4. The number of benzene rings is 1. The van der Waals surface area contributed by atoms with Gasteiger partial charge in [-0.3, -0.25) is 9.69 Å². The Morgan fingerprint density at radius 1 is 1.38 bits per heavy atom. The summed E-state index contributed by atoms with van der Waals surface area (Å²) in [6.45, 7) is 3.84. The van der Waals surface area contributed by atoms with Gasteiger partial charge in [0.1, 0.15) is 6.54 Å². The van der Waals surface area contributed by atoms with Crippen LogP contribution >= 0.6 is 0 Å². The minimum Gasteiger partial charge on any atom is -0.480 e. The van der Waals surface area contributed by atoms with E-state index in [9.17, 15) is 9.59 Å². The largest absolute Gasteiger partial charge is 0.480 e. The van der Waals surface area contributed by atoms with Crippen molar-refractivity contribution < 1.29 is 14.7 Å². The van der Waals surface area contributed by atoms with Crippen LogP contribution in [0, 0.1) is 17.2 Å². The summed E-state index contributed by atoms with van der Waals surface area (Å²) in [5, 5.41) is 17.8. The van der Waals surface area contributed by atoms with Gasteiger partial charge in [0.15, 0.2) is 0 Å². The number of hydrogen-bond donors (Lipinski definition) is 1. The Labute approximate surface area is 124 Å². The van der Waals surface area contributed by atoms with Crippen molar-refractivity contribution in [3.63, 3.8) is 0 Å². The summed E-state index contributed by atoms with van der Waals surface area (Å²) in [4.78, 5) is 26.0. The smallest absolute Gasteiger partial charge is 0.324 e. The summed E-state index contributed by atoms with van der Waals surface area (Å²) < 4.78 is 0. The lowest BCUT2D eigenvalue weighted by Gasteiger charge is -2.28. The van der Waals surface area contributed by atoms with Crippen LogP contribution in [0.2, 0.25) is 0 Å². The van der Waals surface area contributed by atoms with Crippen LogP contribution in [-0.2, 0) is 4.79 Å². The maximum Gasteiger partial charge on any atom is 0.324 e. The van der Waals surface area contributed by atoms with Crippen LogP contribution in [-0.4, -0.2) is 42.1 Å². The fourth-order valence-corrected chi connectivity index (χ4v) is 1.92. The first-order valence-electron chi connectivity index (χ1n) is 6.59. The zero-order valence-electron chi connectivity index (χ0n) is 12.4. The van der Waals surface area contributed by atoms with E-state index >= 15 is 0 Å². The number of amides is 2. The van der Waals surface area contributed by atoms with E-state index in [1.807, 2.05) is 19.9 Å². The number of carbonyl (C=O) groups is 2. The van der Waals surface area contributed by atoms with Gasteiger partial charge < -0.3 is 10.0 Å². The number of anilines is 1. The van der Waals surface area contributed by atoms with Crippen molar-refractivity contribution in [1.29, 1.82) is 5.26 Å². The molecular weight excluding hydrogens is 270 g/mol. The number of nitrogens with zero attached hydrogens (tertiary/aromatic N) is 3. The van der Waals surface area contributed by atoms with E-state index in [-0.39, 0.29) is 12.5 Å². The van der Waals surface area contributed by atoms with Crippen molar-refractivity contribution in [2.75, 3.05) is 25.0 Å². The molecule has 21 heavy (non-hydrogen) atoms. The maximum absolute atomic E-state index is 12.4. The van der Waals surface area contributed by atoms with E-state index in [0.29, 0.717) is 17.8 Å². The second-order valence-electron chi connectivity index (χ2n) is 5.17. The molecule has 1 N–H and O–H groups in total. The number of carbonyl (C=O) groups excluding carboxylic acids is 1. The molecule has 0 spiro atoms. The third-order valence-corrected chi connectivity index (χ3v) is 2.83. The molecular formula is C15H19N3O3. The number of aliphatic carboxylic acids is 1. The first-order valence-corrected chi connectivity index (χ1v) is 6.59. The van der Waals surface area contributed by atoms with Crippen molar-refractivity contribution in [2.45, 2.75) is 13.8 Å². The molecule has 0 aromatic heterocycles. The van der Waals surface area contributed by atoms with E-state index in [0.717, 1.165) is 0 Å². The minimum absolute atomic E-state index is 0.159. The van der Waals surface area contributed by atoms with Crippen molar-refractivity contribution in [2.24, 2.45) is 5.92 Å². The predicted molar refractivity (Wildman–Crippen MR) is 79.0 cm³/mol. The Morgan fingerprint density at radius 3 is 2.57 bits per heavy atom. The van der Waals surface area contributed by atoms with Crippen LogP contribution in [0.25, 0.3) is 0 Å². The van der Waals surface area contributed by atoms with Crippen LogP contribution in [0.1, 0.15) is 19.4 Å². The van der Waals surface area contributed by atoms with Gasteiger partial charge in [0.25, 0.3) is 0 Å². The lowest BCUT2D eigenvalue weighted by atomic mass is 10.2. The van der Waals surface area contributed by atoms with E-state index < -0.39 is 12.0 Å². The standard InChI is InChI=1S/C15H19N3O3/c1-11(2)9-18(10-14(19)20)15(21)17(3)13-6-4-5-12(7-13)8-16/h4-7,11H,9-10H2,1-3H3,(H,19,20). The molecule has 0 aliphatic rings. The Morgan fingerprint density at radius 2 is 2.05 bits per heavy atom. The fourth-order valence-electron chi connectivity index (χ4n) is 1.92. The number of urea groups is 1. The number of carboxylic acids is 1.